The molecule has 0 saturated heterocycles. The summed E-state index contributed by atoms with van der Waals surface area (Å²) in [7, 11) is 0. The van der Waals surface area contributed by atoms with E-state index in [2.05, 4.69) is 143 Å². The maximum Gasteiger partial charge on any atom is 0.177 e. The number of fused-ring (bicyclic) bond motifs is 9. The van der Waals surface area contributed by atoms with Crippen LogP contribution in [0.5, 0.6) is 0 Å². The first kappa shape index (κ1) is 24.7. The standard InChI is InChI=1S/C40H20N6/c41-21-28-29(22-42)44-40-38-35(46-32-15-7-3-11-26(32)27-12-4-8-16-33(27)46)20-18-23-17-19-34(37(36(23)38)39(40)43-28)45-30-13-5-1-9-24(30)25-10-2-6-14-31(25)45/h1-20H. The van der Waals surface area contributed by atoms with E-state index in [0.717, 1.165) is 76.9 Å². The van der Waals surface area contributed by atoms with Gasteiger partial charge in [0, 0.05) is 38.1 Å². The molecule has 3 aromatic heterocycles. The molecule has 0 saturated carbocycles. The minimum Gasteiger partial charge on any atom is -0.309 e. The second-order valence-corrected chi connectivity index (χ2v) is 11.6. The lowest BCUT2D eigenvalue weighted by Gasteiger charge is -2.15. The van der Waals surface area contributed by atoms with E-state index < -0.39 is 0 Å². The van der Waals surface area contributed by atoms with E-state index in [-0.39, 0.29) is 11.4 Å². The van der Waals surface area contributed by atoms with Gasteiger partial charge in [0.05, 0.1) is 33.4 Å². The molecule has 6 heteroatoms. The number of rotatable bonds is 2. The van der Waals surface area contributed by atoms with Crippen molar-refractivity contribution in [2.75, 3.05) is 0 Å². The summed E-state index contributed by atoms with van der Waals surface area (Å²) in [6.45, 7) is 0. The van der Waals surface area contributed by atoms with Crippen LogP contribution in [0.4, 0.5) is 0 Å². The van der Waals surface area contributed by atoms with Crippen LogP contribution in [0.25, 0.3) is 88.3 Å². The van der Waals surface area contributed by atoms with Crippen molar-refractivity contribution in [3.05, 3.63) is 133 Å². The van der Waals surface area contributed by atoms with Crippen LogP contribution < -0.4 is 0 Å². The third kappa shape index (κ3) is 3.02. The normalized spacial score (nSPS) is 11.9. The molecule has 46 heavy (non-hydrogen) atoms. The van der Waals surface area contributed by atoms with Crippen molar-refractivity contribution in [3.8, 4) is 46.0 Å². The fourth-order valence-corrected chi connectivity index (χ4v) is 7.55. The number of para-hydroxylation sites is 4. The molecule has 3 heterocycles. The van der Waals surface area contributed by atoms with Gasteiger partial charge in [-0.05, 0) is 41.8 Å². The van der Waals surface area contributed by atoms with Crippen molar-refractivity contribution in [2.24, 2.45) is 0 Å². The molecule has 6 nitrogen and oxygen atoms in total. The molecule has 0 bridgehead atoms. The highest BCUT2D eigenvalue weighted by molar-refractivity contribution is 6.20. The molecule has 0 spiro atoms. The fourth-order valence-electron chi connectivity index (χ4n) is 7.55. The molecule has 1 aliphatic rings. The highest BCUT2D eigenvalue weighted by Crippen LogP contribution is 2.52. The summed E-state index contributed by atoms with van der Waals surface area (Å²) in [5.74, 6) is 0. The Morgan fingerprint density at radius 3 is 1.13 bits per heavy atom. The van der Waals surface area contributed by atoms with E-state index in [0.29, 0.717) is 11.4 Å². The van der Waals surface area contributed by atoms with Gasteiger partial charge in [0.15, 0.2) is 11.4 Å². The monoisotopic (exact) mass is 584 g/mol. The third-order valence-electron chi connectivity index (χ3n) is 9.37. The van der Waals surface area contributed by atoms with Crippen LogP contribution >= 0.6 is 0 Å². The van der Waals surface area contributed by atoms with Gasteiger partial charge in [-0.3, -0.25) is 0 Å². The van der Waals surface area contributed by atoms with E-state index in [1.807, 2.05) is 0 Å². The van der Waals surface area contributed by atoms with Gasteiger partial charge in [-0.15, -0.1) is 0 Å². The summed E-state index contributed by atoms with van der Waals surface area (Å²) >= 11 is 0. The summed E-state index contributed by atoms with van der Waals surface area (Å²) in [5.41, 5.74) is 9.31. The molecule has 9 aromatic rings. The van der Waals surface area contributed by atoms with Gasteiger partial charge in [0.25, 0.3) is 0 Å². The number of benzene rings is 6. The van der Waals surface area contributed by atoms with Gasteiger partial charge in [-0.25, -0.2) is 9.97 Å². The van der Waals surface area contributed by atoms with Crippen molar-refractivity contribution in [3.63, 3.8) is 0 Å². The van der Waals surface area contributed by atoms with Crippen LogP contribution in [0.2, 0.25) is 0 Å². The van der Waals surface area contributed by atoms with Gasteiger partial charge in [-0.1, -0.05) is 84.9 Å². The van der Waals surface area contributed by atoms with Crippen LogP contribution in [0, 0.1) is 22.7 Å². The van der Waals surface area contributed by atoms with E-state index in [1.165, 1.54) is 0 Å². The lowest BCUT2D eigenvalue weighted by molar-refractivity contribution is 1.13. The van der Waals surface area contributed by atoms with Crippen molar-refractivity contribution < 1.29 is 0 Å². The Morgan fingerprint density at radius 2 is 0.783 bits per heavy atom. The fraction of sp³-hybridized carbons (Fsp3) is 0. The molecule has 1 aliphatic carbocycles. The first-order valence-electron chi connectivity index (χ1n) is 15.1. The second-order valence-electron chi connectivity index (χ2n) is 11.6. The van der Waals surface area contributed by atoms with Gasteiger partial charge < -0.3 is 9.13 Å². The zero-order valence-electron chi connectivity index (χ0n) is 24.2. The Hall–Kier alpha value is -6.76. The zero-order chi connectivity index (χ0) is 30.5. The average Bonchev–Trinajstić information content (AvgIpc) is 3.75. The van der Waals surface area contributed by atoms with Crippen LogP contribution in [0.3, 0.4) is 0 Å². The molecule has 210 valence electrons. The molecule has 0 amide bonds. The van der Waals surface area contributed by atoms with Crippen molar-refractivity contribution in [1.29, 1.82) is 10.5 Å². The van der Waals surface area contributed by atoms with Crippen LogP contribution in [0.1, 0.15) is 11.4 Å². The van der Waals surface area contributed by atoms with E-state index >= 15 is 0 Å². The van der Waals surface area contributed by atoms with Gasteiger partial charge >= 0.3 is 0 Å². The minimum absolute atomic E-state index is 0.0256. The predicted octanol–water partition coefficient (Wildman–Crippen LogP) is 9.21. The number of hydrogen-bond donors (Lipinski definition) is 0. The number of nitrogens with zero attached hydrogens (tertiary/aromatic N) is 6. The largest absolute Gasteiger partial charge is 0.309 e. The Morgan fingerprint density at radius 1 is 0.435 bits per heavy atom. The summed E-state index contributed by atoms with van der Waals surface area (Å²) < 4.78 is 4.58. The Kier molecular flexibility index (Phi) is 4.76. The lowest BCUT2D eigenvalue weighted by atomic mass is 10.0. The van der Waals surface area contributed by atoms with E-state index in [4.69, 9.17) is 9.97 Å². The molecular weight excluding hydrogens is 564 g/mol. The van der Waals surface area contributed by atoms with Crippen LogP contribution in [-0.4, -0.2) is 19.1 Å². The van der Waals surface area contributed by atoms with Gasteiger partial charge in [-0.2, -0.15) is 10.5 Å². The second kappa shape index (κ2) is 8.89. The summed E-state index contributed by atoms with van der Waals surface area (Å²) in [6.07, 6.45) is 0. The molecule has 0 fully saturated rings. The molecule has 10 rings (SSSR count). The van der Waals surface area contributed by atoms with Crippen molar-refractivity contribution >= 4 is 54.4 Å². The Balaban J connectivity index is 1.42. The maximum absolute atomic E-state index is 10.1. The van der Waals surface area contributed by atoms with E-state index in [9.17, 15) is 10.5 Å². The number of aromatic nitrogens is 4. The SMILES string of the molecule is N#Cc1nc2c(nc1C#N)-c1c(-n3c4ccccc4c4ccccc43)ccc3ccc(-n4c5ccccc5c5ccccc54)c-2c13. The summed E-state index contributed by atoms with van der Waals surface area (Å²) in [4.78, 5) is 9.78. The minimum atomic E-state index is 0.0256. The van der Waals surface area contributed by atoms with Gasteiger partial charge in [0.1, 0.15) is 23.5 Å². The average molecular weight is 585 g/mol. The quantitative estimate of drug-likeness (QED) is 0.203. The topological polar surface area (TPSA) is 83.2 Å². The molecule has 0 atom stereocenters. The first-order valence-corrected chi connectivity index (χ1v) is 15.1. The smallest absolute Gasteiger partial charge is 0.177 e. The molecule has 0 aliphatic heterocycles. The van der Waals surface area contributed by atoms with Crippen LogP contribution in [0.15, 0.2) is 121 Å². The molecule has 0 radical (unpaired) electrons. The Labute approximate surface area is 262 Å². The van der Waals surface area contributed by atoms with E-state index in [1.54, 1.807) is 0 Å². The highest BCUT2D eigenvalue weighted by Gasteiger charge is 2.33. The van der Waals surface area contributed by atoms with Crippen molar-refractivity contribution in [1.82, 2.24) is 19.1 Å². The lowest BCUT2D eigenvalue weighted by Crippen LogP contribution is -2.01. The maximum atomic E-state index is 10.1. The Bertz CT molecular complexity index is 2590. The predicted molar refractivity (Wildman–Crippen MR) is 182 cm³/mol. The number of nitriles is 2. The molecule has 6 aromatic carbocycles. The highest BCUT2D eigenvalue weighted by atomic mass is 15.0. The van der Waals surface area contributed by atoms with Gasteiger partial charge in [0.2, 0.25) is 0 Å². The zero-order valence-corrected chi connectivity index (χ0v) is 24.2. The molecular formula is C40H20N6. The third-order valence-corrected chi connectivity index (χ3v) is 9.37. The first-order chi connectivity index (χ1) is 22.8. The molecule has 0 N–H and O–H groups in total. The summed E-state index contributed by atoms with van der Waals surface area (Å²) in [5, 5.41) is 26.8. The van der Waals surface area contributed by atoms with Crippen molar-refractivity contribution in [2.45, 2.75) is 0 Å². The molecule has 0 unspecified atom stereocenters. The number of hydrogen-bond acceptors (Lipinski definition) is 4. The summed E-state index contributed by atoms with van der Waals surface area (Å²) in [6, 6.07) is 46.5. The van der Waals surface area contributed by atoms with Crippen LogP contribution in [-0.2, 0) is 0 Å².